The van der Waals surface area contributed by atoms with Crippen LogP contribution in [0, 0.1) is 25.2 Å². The molecule has 0 aliphatic rings. The summed E-state index contributed by atoms with van der Waals surface area (Å²) in [4.78, 5) is 8.60. The first-order valence-corrected chi connectivity index (χ1v) is 5.44. The smallest absolute Gasteiger partial charge is 0.161 e. The maximum absolute atomic E-state index is 8.93. The second-order valence-corrected chi connectivity index (χ2v) is 4.01. The summed E-state index contributed by atoms with van der Waals surface area (Å²) in [5.74, 6) is 0.635. The predicted octanol–water partition coefficient (Wildman–Crippen LogP) is 2.69. The molecule has 0 N–H and O–H groups in total. The van der Waals surface area contributed by atoms with Crippen molar-refractivity contribution in [3.8, 4) is 17.5 Å². The number of rotatable bonds is 1. The molecule has 0 saturated heterocycles. The molecule has 2 rings (SSSR count). The zero-order valence-electron chi connectivity index (χ0n) is 8.48. The lowest BCUT2D eigenvalue weighted by atomic mass is 10.2. The van der Waals surface area contributed by atoms with Crippen LogP contribution in [0.2, 0.25) is 0 Å². The Labute approximate surface area is 92.1 Å². The zero-order valence-corrected chi connectivity index (χ0v) is 9.30. The highest BCUT2D eigenvalue weighted by molar-refractivity contribution is 7.08. The summed E-state index contributed by atoms with van der Waals surface area (Å²) < 4.78 is 0. The Balaban J connectivity index is 2.62. The number of thiophene rings is 1. The lowest BCUT2D eigenvalue weighted by Gasteiger charge is -2.03. The van der Waals surface area contributed by atoms with E-state index < -0.39 is 0 Å². The molecule has 74 valence electrons. The van der Waals surface area contributed by atoms with E-state index in [2.05, 4.69) is 16.0 Å². The summed E-state index contributed by atoms with van der Waals surface area (Å²) in [6.07, 6.45) is 0. The van der Waals surface area contributed by atoms with Crippen molar-refractivity contribution in [3.05, 3.63) is 33.8 Å². The largest absolute Gasteiger partial charge is 0.233 e. The summed E-state index contributed by atoms with van der Waals surface area (Å²) in [5, 5.41) is 12.9. The van der Waals surface area contributed by atoms with Crippen LogP contribution in [0.1, 0.15) is 17.0 Å². The van der Waals surface area contributed by atoms with Crippen molar-refractivity contribution in [1.29, 1.82) is 5.26 Å². The zero-order chi connectivity index (χ0) is 10.8. The standard InChI is InChI=1S/C11H9N3S/c1-7-8(2)13-11(14-10(7)5-12)9-3-4-15-6-9/h3-4,6H,1-2H3. The first-order chi connectivity index (χ1) is 7.22. The van der Waals surface area contributed by atoms with Gasteiger partial charge in [0.2, 0.25) is 0 Å². The molecule has 0 saturated carbocycles. The SMILES string of the molecule is Cc1nc(-c2ccsc2)nc(C#N)c1C. The fourth-order valence-electron chi connectivity index (χ4n) is 1.26. The monoisotopic (exact) mass is 215 g/mol. The third kappa shape index (κ3) is 1.74. The Hall–Kier alpha value is -1.73. The second kappa shape index (κ2) is 3.79. The molecule has 0 bridgehead atoms. The van der Waals surface area contributed by atoms with Gasteiger partial charge in [0.05, 0.1) is 0 Å². The van der Waals surface area contributed by atoms with Crippen LogP contribution in [0.25, 0.3) is 11.4 Å². The fourth-order valence-corrected chi connectivity index (χ4v) is 1.89. The Kier molecular flexibility index (Phi) is 2.48. The molecule has 0 aliphatic heterocycles. The highest BCUT2D eigenvalue weighted by Gasteiger charge is 2.08. The molecule has 3 nitrogen and oxygen atoms in total. The van der Waals surface area contributed by atoms with Crippen molar-refractivity contribution < 1.29 is 0 Å². The number of aryl methyl sites for hydroxylation is 1. The first-order valence-electron chi connectivity index (χ1n) is 4.50. The van der Waals surface area contributed by atoms with Gasteiger partial charge in [-0.15, -0.1) is 0 Å². The van der Waals surface area contributed by atoms with E-state index in [1.165, 1.54) is 0 Å². The van der Waals surface area contributed by atoms with E-state index in [-0.39, 0.29) is 0 Å². The van der Waals surface area contributed by atoms with Crippen molar-refractivity contribution in [2.24, 2.45) is 0 Å². The van der Waals surface area contributed by atoms with Gasteiger partial charge in [0.15, 0.2) is 5.82 Å². The number of aromatic nitrogens is 2. The molecule has 2 aromatic heterocycles. The quantitative estimate of drug-likeness (QED) is 0.734. The van der Waals surface area contributed by atoms with Crippen molar-refractivity contribution in [3.63, 3.8) is 0 Å². The minimum Gasteiger partial charge on any atom is -0.233 e. The summed E-state index contributed by atoms with van der Waals surface area (Å²) in [7, 11) is 0. The average molecular weight is 215 g/mol. The van der Waals surface area contributed by atoms with Gasteiger partial charge in [-0.05, 0) is 25.3 Å². The molecule has 0 spiro atoms. The first kappa shape index (κ1) is 9.81. The summed E-state index contributed by atoms with van der Waals surface area (Å²) in [5.41, 5.74) is 3.16. The van der Waals surface area contributed by atoms with E-state index in [0.29, 0.717) is 11.5 Å². The third-order valence-electron chi connectivity index (χ3n) is 2.27. The average Bonchev–Trinajstić information content (AvgIpc) is 2.75. The molecule has 4 heteroatoms. The molecule has 0 unspecified atom stereocenters. The van der Waals surface area contributed by atoms with Crippen LogP contribution in [0.4, 0.5) is 0 Å². The summed E-state index contributed by atoms with van der Waals surface area (Å²) >= 11 is 1.60. The lowest BCUT2D eigenvalue weighted by molar-refractivity contribution is 1.05. The van der Waals surface area contributed by atoms with Crippen LogP contribution in [-0.4, -0.2) is 9.97 Å². The summed E-state index contributed by atoms with van der Waals surface area (Å²) in [6, 6.07) is 4.05. The van der Waals surface area contributed by atoms with Crippen LogP contribution < -0.4 is 0 Å². The molecule has 0 amide bonds. The van der Waals surface area contributed by atoms with Crippen molar-refractivity contribution in [1.82, 2.24) is 9.97 Å². The minimum atomic E-state index is 0.462. The maximum Gasteiger partial charge on any atom is 0.161 e. The normalized spacial score (nSPS) is 9.93. The van der Waals surface area contributed by atoms with Crippen LogP contribution in [0.3, 0.4) is 0 Å². The Morgan fingerprint density at radius 3 is 2.73 bits per heavy atom. The van der Waals surface area contributed by atoms with Crippen LogP contribution in [0.15, 0.2) is 16.8 Å². The van der Waals surface area contributed by atoms with Crippen LogP contribution >= 0.6 is 11.3 Å². The lowest BCUT2D eigenvalue weighted by Crippen LogP contribution is -1.99. The number of nitriles is 1. The second-order valence-electron chi connectivity index (χ2n) is 3.23. The van der Waals surface area contributed by atoms with Gasteiger partial charge >= 0.3 is 0 Å². The van der Waals surface area contributed by atoms with Gasteiger partial charge in [0, 0.05) is 22.2 Å². The van der Waals surface area contributed by atoms with E-state index in [9.17, 15) is 0 Å². The van der Waals surface area contributed by atoms with E-state index in [0.717, 1.165) is 16.8 Å². The molecule has 2 aromatic rings. The summed E-state index contributed by atoms with van der Waals surface area (Å²) in [6.45, 7) is 3.76. The predicted molar refractivity (Wildman–Crippen MR) is 59.5 cm³/mol. The highest BCUT2D eigenvalue weighted by Crippen LogP contribution is 2.20. The van der Waals surface area contributed by atoms with E-state index >= 15 is 0 Å². The number of nitrogens with zero attached hydrogens (tertiary/aromatic N) is 3. The van der Waals surface area contributed by atoms with Gasteiger partial charge in [-0.2, -0.15) is 16.6 Å². The van der Waals surface area contributed by atoms with Crippen molar-refractivity contribution in [2.45, 2.75) is 13.8 Å². The molecule has 0 atom stereocenters. The van der Waals surface area contributed by atoms with E-state index in [1.54, 1.807) is 11.3 Å². The van der Waals surface area contributed by atoms with Crippen molar-refractivity contribution >= 4 is 11.3 Å². The molecular weight excluding hydrogens is 206 g/mol. The van der Waals surface area contributed by atoms with Gasteiger partial charge < -0.3 is 0 Å². The Bertz CT molecular complexity index is 524. The van der Waals surface area contributed by atoms with Crippen LogP contribution in [-0.2, 0) is 0 Å². The van der Waals surface area contributed by atoms with Gasteiger partial charge in [-0.25, -0.2) is 9.97 Å². The van der Waals surface area contributed by atoms with E-state index in [1.807, 2.05) is 30.7 Å². The number of hydrogen-bond acceptors (Lipinski definition) is 4. The fraction of sp³-hybridized carbons (Fsp3) is 0.182. The Morgan fingerprint density at radius 2 is 2.13 bits per heavy atom. The Morgan fingerprint density at radius 1 is 1.33 bits per heavy atom. The molecule has 0 aliphatic carbocycles. The number of hydrogen-bond donors (Lipinski definition) is 0. The molecule has 0 radical (unpaired) electrons. The van der Waals surface area contributed by atoms with Gasteiger partial charge in [-0.1, -0.05) is 0 Å². The molecule has 2 heterocycles. The minimum absolute atomic E-state index is 0.462. The third-order valence-corrected chi connectivity index (χ3v) is 2.96. The van der Waals surface area contributed by atoms with Crippen LogP contribution in [0.5, 0.6) is 0 Å². The van der Waals surface area contributed by atoms with Gasteiger partial charge in [-0.3, -0.25) is 0 Å². The van der Waals surface area contributed by atoms with E-state index in [4.69, 9.17) is 5.26 Å². The molecule has 0 fully saturated rings. The molecule has 15 heavy (non-hydrogen) atoms. The van der Waals surface area contributed by atoms with Crippen molar-refractivity contribution in [2.75, 3.05) is 0 Å². The topological polar surface area (TPSA) is 49.6 Å². The highest BCUT2D eigenvalue weighted by atomic mass is 32.1. The van der Waals surface area contributed by atoms with Gasteiger partial charge in [0.25, 0.3) is 0 Å². The molecule has 0 aromatic carbocycles. The maximum atomic E-state index is 8.93. The van der Waals surface area contributed by atoms with Gasteiger partial charge in [0.1, 0.15) is 11.8 Å². The molecular formula is C11H9N3S.